The van der Waals surface area contributed by atoms with Crippen molar-refractivity contribution in [3.05, 3.63) is 77.5 Å². The van der Waals surface area contributed by atoms with E-state index < -0.39 is 7.05 Å². The van der Waals surface area contributed by atoms with Gasteiger partial charge in [0.25, 0.3) is 0 Å². The third-order valence-corrected chi connectivity index (χ3v) is 5.00. The lowest BCUT2D eigenvalue weighted by molar-refractivity contribution is 0.207. The lowest BCUT2D eigenvalue weighted by atomic mass is 9.75. The van der Waals surface area contributed by atoms with Crippen molar-refractivity contribution >= 4 is 12.5 Å². The van der Waals surface area contributed by atoms with E-state index in [1.165, 1.54) is 6.20 Å². The van der Waals surface area contributed by atoms with Crippen molar-refractivity contribution < 1.29 is 14.5 Å². The van der Waals surface area contributed by atoms with Crippen LogP contribution in [0.2, 0.25) is 0 Å². The van der Waals surface area contributed by atoms with E-state index in [9.17, 15) is 5.02 Å². The van der Waals surface area contributed by atoms with Crippen LogP contribution in [0.15, 0.2) is 60.8 Å². The van der Waals surface area contributed by atoms with Crippen LogP contribution in [0, 0.1) is 11.3 Å². The number of aromatic nitrogens is 1. The normalized spacial score (nSPS) is 14.7. The molecule has 1 atom stereocenters. The fourth-order valence-corrected chi connectivity index (χ4v) is 3.48. The Bertz CT molecular complexity index is 1030. The molecule has 7 heteroatoms. The first kappa shape index (κ1) is 19.0. The molecule has 0 radical (unpaired) electrons. The zero-order valence-corrected chi connectivity index (χ0v) is 16.0. The highest BCUT2D eigenvalue weighted by molar-refractivity contribution is 6.63. The van der Waals surface area contributed by atoms with Gasteiger partial charge in [0.15, 0.2) is 0 Å². The number of benzene rings is 2. The lowest BCUT2D eigenvalue weighted by Crippen LogP contribution is -2.42. The summed E-state index contributed by atoms with van der Waals surface area (Å²) in [4.78, 5) is 4.18. The lowest BCUT2D eigenvalue weighted by Gasteiger charge is -2.16. The van der Waals surface area contributed by atoms with Crippen LogP contribution >= 0.6 is 0 Å². The van der Waals surface area contributed by atoms with Crippen LogP contribution in [0.25, 0.3) is 0 Å². The van der Waals surface area contributed by atoms with Crippen LogP contribution in [0.3, 0.4) is 0 Å². The van der Waals surface area contributed by atoms with Gasteiger partial charge in [0.05, 0.1) is 5.56 Å². The van der Waals surface area contributed by atoms with Crippen LogP contribution in [0.4, 0.5) is 0 Å². The highest BCUT2D eigenvalue weighted by Crippen LogP contribution is 2.40. The quantitative estimate of drug-likeness (QED) is 0.635. The molecule has 2 N–H and O–H groups in total. The Hall–Kier alpha value is -3.34. The number of hydrogen-bond acceptors (Lipinski definition) is 6. The smallest absolute Gasteiger partial charge is 0.412 e. The summed E-state index contributed by atoms with van der Waals surface area (Å²) in [5.41, 5.74) is 3.51. The predicted octanol–water partition coefficient (Wildman–Crippen LogP) is 2.72. The molecule has 1 aliphatic carbocycles. The maximum Gasteiger partial charge on any atom is 0.412 e. The summed E-state index contributed by atoms with van der Waals surface area (Å²) in [6, 6.07) is 18.8. The van der Waals surface area contributed by atoms with Gasteiger partial charge in [-0.2, -0.15) is 5.26 Å². The third-order valence-electron chi connectivity index (χ3n) is 5.00. The average Bonchev–Trinajstić information content (AvgIpc) is 3.18. The highest BCUT2D eigenvalue weighted by atomic mass is 16.5. The topological polar surface area (TPSA) is 87.4 Å². The van der Waals surface area contributed by atoms with Gasteiger partial charge < -0.3 is 19.7 Å². The summed E-state index contributed by atoms with van der Waals surface area (Å²) in [6.07, 6.45) is 3.15. The van der Waals surface area contributed by atoms with Crippen LogP contribution in [0.5, 0.6) is 17.4 Å². The van der Waals surface area contributed by atoms with Crippen LogP contribution < -0.4 is 20.2 Å². The molecule has 0 saturated heterocycles. The van der Waals surface area contributed by atoms with Crippen LogP contribution in [0.1, 0.15) is 29.2 Å². The number of ether oxygens (including phenoxy) is 2. The second-order valence-electron chi connectivity index (χ2n) is 6.83. The average molecular weight is 385 g/mol. The summed E-state index contributed by atoms with van der Waals surface area (Å²) >= 11 is 0. The molecule has 4 rings (SSSR count). The number of fused-ring (bicyclic) bond motifs is 1. The molecule has 3 aromatic rings. The van der Waals surface area contributed by atoms with Crippen LogP contribution in [-0.4, -0.2) is 24.1 Å². The van der Waals surface area contributed by atoms with Crippen molar-refractivity contribution in [2.75, 3.05) is 7.05 Å². The summed E-state index contributed by atoms with van der Waals surface area (Å²) in [7, 11) is 1.02. The van der Waals surface area contributed by atoms with Crippen molar-refractivity contribution in [1.82, 2.24) is 10.2 Å². The molecule has 6 nitrogen and oxygen atoms in total. The molecule has 144 valence electrons. The zero-order valence-electron chi connectivity index (χ0n) is 16.0. The van der Waals surface area contributed by atoms with Crippen molar-refractivity contribution in [2.24, 2.45) is 0 Å². The Kier molecular flexibility index (Phi) is 5.47. The fraction of sp³-hybridized carbons (Fsp3) is 0.182. The molecule has 0 aliphatic heterocycles. The monoisotopic (exact) mass is 385 g/mol. The van der Waals surface area contributed by atoms with Gasteiger partial charge in [-0.1, -0.05) is 24.3 Å². The number of nitriles is 1. The third kappa shape index (κ3) is 4.09. The van der Waals surface area contributed by atoms with E-state index in [2.05, 4.69) is 16.3 Å². The number of nitrogens with one attached hydrogen (secondary N) is 1. The Labute approximate surface area is 169 Å². The number of hydrogen-bond donors (Lipinski definition) is 2. The van der Waals surface area contributed by atoms with Crippen molar-refractivity contribution in [3.63, 3.8) is 0 Å². The van der Waals surface area contributed by atoms with E-state index in [4.69, 9.17) is 14.7 Å². The molecule has 0 bridgehead atoms. The molecular weight excluding hydrogens is 365 g/mol. The van der Waals surface area contributed by atoms with E-state index in [1.807, 2.05) is 42.5 Å². The van der Waals surface area contributed by atoms with Gasteiger partial charge in [-0.25, -0.2) is 4.98 Å². The van der Waals surface area contributed by atoms with Crippen LogP contribution in [-0.2, 0) is 6.42 Å². The molecule has 0 spiro atoms. The second-order valence-corrected chi connectivity index (χ2v) is 6.83. The Morgan fingerprint density at radius 3 is 2.69 bits per heavy atom. The molecule has 1 aliphatic rings. The molecule has 1 heterocycles. The van der Waals surface area contributed by atoms with E-state index >= 15 is 0 Å². The summed E-state index contributed by atoms with van der Waals surface area (Å²) in [5, 5.41) is 21.5. The number of nitrogens with zero attached hydrogens (tertiary/aromatic N) is 2. The standard InChI is InChI=1S/C22H20BN3O3/c1-25-23(27)16-6-8-17(9-7-16)28-21-11-10-19-18(21)3-2-4-20(19)29-22-12-5-15(13-24)14-26-22/h2-9,12,14,21,25,27H,10-11H2,1H3/t21-/m1/s1. The SMILES string of the molecule is CNB(O)c1ccc(O[C@@H]2CCc3c(Oc4ccc(C#N)cn4)cccc32)cc1. The highest BCUT2D eigenvalue weighted by Gasteiger charge is 2.27. The first-order valence-corrected chi connectivity index (χ1v) is 9.45. The maximum atomic E-state index is 9.83. The first-order chi connectivity index (χ1) is 14.2. The summed E-state index contributed by atoms with van der Waals surface area (Å²) in [5.74, 6) is 1.98. The molecule has 0 unspecified atom stereocenters. The van der Waals surface area contributed by atoms with E-state index in [0.29, 0.717) is 11.4 Å². The molecule has 0 fully saturated rings. The Morgan fingerprint density at radius 1 is 1.17 bits per heavy atom. The zero-order chi connectivity index (χ0) is 20.2. The van der Waals surface area contributed by atoms with Gasteiger partial charge in [-0.15, -0.1) is 0 Å². The molecule has 0 saturated carbocycles. The van der Waals surface area contributed by atoms with Crippen molar-refractivity contribution in [2.45, 2.75) is 18.9 Å². The van der Waals surface area contributed by atoms with E-state index in [1.54, 1.807) is 19.2 Å². The van der Waals surface area contributed by atoms with Gasteiger partial charge in [0.2, 0.25) is 5.88 Å². The largest absolute Gasteiger partial charge is 0.486 e. The number of rotatable bonds is 6. The van der Waals surface area contributed by atoms with Gasteiger partial charge >= 0.3 is 7.05 Å². The summed E-state index contributed by atoms with van der Waals surface area (Å²) < 4.78 is 12.2. The maximum absolute atomic E-state index is 9.83. The van der Waals surface area contributed by atoms with Gasteiger partial charge in [-0.05, 0) is 55.2 Å². The number of pyridine rings is 1. The van der Waals surface area contributed by atoms with Gasteiger partial charge in [-0.3, -0.25) is 0 Å². The molecule has 1 aromatic heterocycles. The van der Waals surface area contributed by atoms with Gasteiger partial charge in [0.1, 0.15) is 23.7 Å². The van der Waals surface area contributed by atoms with E-state index in [-0.39, 0.29) is 6.10 Å². The molecule has 29 heavy (non-hydrogen) atoms. The van der Waals surface area contributed by atoms with E-state index in [0.717, 1.165) is 40.9 Å². The Morgan fingerprint density at radius 2 is 2.00 bits per heavy atom. The molecule has 0 amide bonds. The second kappa shape index (κ2) is 8.35. The minimum atomic E-state index is -0.688. The molecule has 2 aromatic carbocycles. The van der Waals surface area contributed by atoms with Crippen molar-refractivity contribution in [3.8, 4) is 23.4 Å². The minimum Gasteiger partial charge on any atom is -0.486 e. The molecular formula is C22H20BN3O3. The predicted molar refractivity (Wildman–Crippen MR) is 110 cm³/mol. The minimum absolute atomic E-state index is 0.0532. The fourth-order valence-electron chi connectivity index (χ4n) is 3.48. The summed E-state index contributed by atoms with van der Waals surface area (Å²) in [6.45, 7) is 0. The van der Waals surface area contributed by atoms with Gasteiger partial charge in [0, 0.05) is 17.8 Å². The van der Waals surface area contributed by atoms with Crippen molar-refractivity contribution in [1.29, 1.82) is 5.26 Å². The Balaban J connectivity index is 1.50. The first-order valence-electron chi connectivity index (χ1n) is 9.45.